The molecule has 7 nitrogen and oxygen atoms in total. The fraction of sp³-hybridized carbons (Fsp3) is 0.263. The summed E-state index contributed by atoms with van der Waals surface area (Å²) in [6, 6.07) is 10.7. The van der Waals surface area contributed by atoms with Crippen molar-refractivity contribution in [1.29, 1.82) is 0 Å². The Morgan fingerprint density at radius 2 is 1.67 bits per heavy atom. The van der Waals surface area contributed by atoms with Gasteiger partial charge in [0.15, 0.2) is 0 Å². The van der Waals surface area contributed by atoms with E-state index >= 15 is 0 Å². The Labute approximate surface area is 158 Å². The molecule has 0 fully saturated rings. The minimum Gasteiger partial charge on any atom is -0.462 e. The highest BCUT2D eigenvalue weighted by molar-refractivity contribution is 7.89. The Balaban J connectivity index is 1.98. The number of carbonyl (C=O) groups is 2. The van der Waals surface area contributed by atoms with E-state index in [1.165, 1.54) is 24.3 Å². The summed E-state index contributed by atoms with van der Waals surface area (Å²) in [7, 11) is -3.88. The molecule has 0 spiro atoms. The van der Waals surface area contributed by atoms with Gasteiger partial charge >= 0.3 is 5.97 Å². The maximum absolute atomic E-state index is 12.3. The molecule has 2 aromatic carbocycles. The number of nitrogens with one attached hydrogen (secondary N) is 2. The predicted octanol–water partition coefficient (Wildman–Crippen LogP) is 2.40. The number of anilines is 1. The van der Waals surface area contributed by atoms with Gasteiger partial charge in [-0.25, -0.2) is 17.9 Å². The summed E-state index contributed by atoms with van der Waals surface area (Å²) in [6.45, 7) is 5.39. The molecule has 0 atom stereocenters. The third-order valence-corrected chi connectivity index (χ3v) is 5.31. The standard InChI is InChI=1S/C19H22N2O5S/c1-4-26-19(23)15-6-9-17(10-7-15)27(24,25)20-12-18(22)21-16-8-5-13(2)14(3)11-16/h5-11,20H,4,12H2,1-3H3,(H,21,22). The van der Waals surface area contributed by atoms with Crippen LogP contribution in [0.3, 0.4) is 0 Å². The first-order valence-electron chi connectivity index (χ1n) is 8.37. The summed E-state index contributed by atoms with van der Waals surface area (Å²) < 4.78 is 31.7. The van der Waals surface area contributed by atoms with Crippen LogP contribution in [0.15, 0.2) is 47.4 Å². The first kappa shape index (κ1) is 20.6. The quantitative estimate of drug-likeness (QED) is 0.707. The molecule has 0 unspecified atom stereocenters. The third-order valence-electron chi connectivity index (χ3n) is 3.89. The van der Waals surface area contributed by atoms with Crippen LogP contribution in [0.2, 0.25) is 0 Å². The Morgan fingerprint density at radius 3 is 2.26 bits per heavy atom. The highest BCUT2D eigenvalue weighted by Crippen LogP contribution is 2.14. The third kappa shape index (κ3) is 5.63. The van der Waals surface area contributed by atoms with Crippen LogP contribution in [-0.2, 0) is 19.6 Å². The number of sulfonamides is 1. The molecule has 0 aliphatic heterocycles. The van der Waals surface area contributed by atoms with Crippen molar-refractivity contribution in [2.75, 3.05) is 18.5 Å². The summed E-state index contributed by atoms with van der Waals surface area (Å²) in [5.41, 5.74) is 2.97. The molecule has 0 saturated carbocycles. The number of ether oxygens (including phenoxy) is 1. The molecule has 0 radical (unpaired) electrons. The van der Waals surface area contributed by atoms with Crippen LogP contribution in [0.4, 0.5) is 5.69 Å². The fourth-order valence-electron chi connectivity index (χ4n) is 2.25. The van der Waals surface area contributed by atoms with Gasteiger partial charge in [0, 0.05) is 5.69 Å². The van der Waals surface area contributed by atoms with E-state index in [9.17, 15) is 18.0 Å². The van der Waals surface area contributed by atoms with E-state index in [-0.39, 0.29) is 17.1 Å². The van der Waals surface area contributed by atoms with Crippen molar-refractivity contribution < 1.29 is 22.7 Å². The van der Waals surface area contributed by atoms with Crippen LogP contribution in [0, 0.1) is 13.8 Å². The average Bonchev–Trinajstić information content (AvgIpc) is 2.63. The monoisotopic (exact) mass is 390 g/mol. The van der Waals surface area contributed by atoms with Gasteiger partial charge in [0.05, 0.1) is 23.6 Å². The Hall–Kier alpha value is -2.71. The van der Waals surface area contributed by atoms with Gasteiger partial charge in [0.1, 0.15) is 0 Å². The van der Waals surface area contributed by atoms with Gasteiger partial charge in [-0.2, -0.15) is 0 Å². The smallest absolute Gasteiger partial charge is 0.338 e. The second-order valence-corrected chi connectivity index (χ2v) is 7.68. The lowest BCUT2D eigenvalue weighted by Crippen LogP contribution is -2.32. The molecule has 0 bridgehead atoms. The van der Waals surface area contributed by atoms with Crippen LogP contribution >= 0.6 is 0 Å². The molecular weight excluding hydrogens is 368 g/mol. The predicted molar refractivity (Wildman–Crippen MR) is 102 cm³/mol. The van der Waals surface area contributed by atoms with E-state index < -0.39 is 28.4 Å². The first-order chi connectivity index (χ1) is 12.7. The van der Waals surface area contributed by atoms with Crippen LogP contribution in [0.5, 0.6) is 0 Å². The van der Waals surface area contributed by atoms with E-state index in [2.05, 4.69) is 10.0 Å². The first-order valence-corrected chi connectivity index (χ1v) is 9.85. The van der Waals surface area contributed by atoms with Crippen molar-refractivity contribution in [2.24, 2.45) is 0 Å². The van der Waals surface area contributed by atoms with Gasteiger partial charge in [-0.15, -0.1) is 0 Å². The van der Waals surface area contributed by atoms with Gasteiger partial charge in [-0.3, -0.25) is 4.79 Å². The highest BCUT2D eigenvalue weighted by Gasteiger charge is 2.17. The van der Waals surface area contributed by atoms with E-state index in [0.29, 0.717) is 5.69 Å². The topological polar surface area (TPSA) is 102 Å². The lowest BCUT2D eigenvalue weighted by Gasteiger charge is -2.10. The Kier molecular flexibility index (Phi) is 6.70. The highest BCUT2D eigenvalue weighted by atomic mass is 32.2. The van der Waals surface area contributed by atoms with Crippen molar-refractivity contribution >= 4 is 27.6 Å². The van der Waals surface area contributed by atoms with Crippen LogP contribution in [0.1, 0.15) is 28.4 Å². The number of carbonyl (C=O) groups excluding carboxylic acids is 2. The molecule has 1 amide bonds. The van der Waals surface area contributed by atoms with Crippen LogP contribution in [-0.4, -0.2) is 33.4 Å². The molecule has 0 aliphatic carbocycles. The number of rotatable bonds is 7. The SMILES string of the molecule is CCOC(=O)c1ccc(S(=O)(=O)NCC(=O)Nc2ccc(C)c(C)c2)cc1. The van der Waals surface area contributed by atoms with E-state index in [1.807, 2.05) is 26.0 Å². The molecule has 0 heterocycles. The number of aryl methyl sites for hydroxylation is 2. The van der Waals surface area contributed by atoms with Gasteiger partial charge in [-0.1, -0.05) is 6.07 Å². The zero-order chi connectivity index (χ0) is 20.0. The van der Waals surface area contributed by atoms with Gasteiger partial charge in [0.2, 0.25) is 15.9 Å². The Bertz CT molecular complexity index is 937. The lowest BCUT2D eigenvalue weighted by atomic mass is 10.1. The normalized spacial score (nSPS) is 11.1. The van der Waals surface area contributed by atoms with Gasteiger partial charge in [-0.05, 0) is 68.3 Å². The summed E-state index contributed by atoms with van der Waals surface area (Å²) in [5.74, 6) is -1.01. The average molecular weight is 390 g/mol. The largest absolute Gasteiger partial charge is 0.462 e. The number of benzene rings is 2. The molecule has 0 aliphatic rings. The fourth-order valence-corrected chi connectivity index (χ4v) is 3.24. The van der Waals surface area contributed by atoms with Crippen molar-refractivity contribution in [3.8, 4) is 0 Å². The Morgan fingerprint density at radius 1 is 1.00 bits per heavy atom. The molecule has 27 heavy (non-hydrogen) atoms. The van der Waals surface area contributed by atoms with Crippen LogP contribution < -0.4 is 10.0 Å². The zero-order valence-electron chi connectivity index (χ0n) is 15.4. The maximum Gasteiger partial charge on any atom is 0.338 e. The maximum atomic E-state index is 12.3. The number of hydrogen-bond acceptors (Lipinski definition) is 5. The molecule has 2 aromatic rings. The second kappa shape index (κ2) is 8.79. The van der Waals surface area contributed by atoms with Crippen molar-refractivity contribution in [2.45, 2.75) is 25.7 Å². The van der Waals surface area contributed by atoms with Gasteiger partial charge in [0.25, 0.3) is 0 Å². The number of amides is 1. The second-order valence-electron chi connectivity index (χ2n) is 5.92. The number of hydrogen-bond donors (Lipinski definition) is 2. The molecule has 0 saturated heterocycles. The van der Waals surface area contributed by atoms with Crippen molar-refractivity contribution in [1.82, 2.24) is 4.72 Å². The molecule has 8 heteroatoms. The summed E-state index contributed by atoms with van der Waals surface area (Å²) >= 11 is 0. The number of esters is 1. The molecule has 144 valence electrons. The van der Waals surface area contributed by atoms with Gasteiger partial charge < -0.3 is 10.1 Å². The lowest BCUT2D eigenvalue weighted by molar-refractivity contribution is -0.115. The summed E-state index contributed by atoms with van der Waals surface area (Å²) in [5, 5.41) is 2.65. The van der Waals surface area contributed by atoms with E-state index in [0.717, 1.165) is 11.1 Å². The summed E-state index contributed by atoms with van der Waals surface area (Å²) in [4.78, 5) is 23.6. The molecule has 0 aromatic heterocycles. The minimum atomic E-state index is -3.88. The molecule has 2 N–H and O–H groups in total. The summed E-state index contributed by atoms with van der Waals surface area (Å²) in [6.07, 6.45) is 0. The van der Waals surface area contributed by atoms with Crippen molar-refractivity contribution in [3.63, 3.8) is 0 Å². The zero-order valence-corrected chi connectivity index (χ0v) is 16.2. The van der Waals surface area contributed by atoms with E-state index in [1.54, 1.807) is 13.0 Å². The van der Waals surface area contributed by atoms with E-state index in [4.69, 9.17) is 4.74 Å². The minimum absolute atomic E-state index is 0.0467. The molecule has 2 rings (SSSR count). The van der Waals surface area contributed by atoms with Crippen molar-refractivity contribution in [3.05, 3.63) is 59.2 Å². The van der Waals surface area contributed by atoms with Crippen LogP contribution in [0.25, 0.3) is 0 Å². The molecular formula is C19H22N2O5S.